The van der Waals surface area contributed by atoms with Crippen LogP contribution in [0.15, 0.2) is 24.3 Å². The SMILES string of the molecule is CC(C)CCOc1ccc(CCC2(C(N)=O)COC(=O)N2)cc1. The summed E-state index contributed by atoms with van der Waals surface area (Å²) in [6.07, 6.45) is 1.43. The first-order valence-electron chi connectivity index (χ1n) is 7.88. The Hall–Kier alpha value is -2.24. The second-order valence-corrected chi connectivity index (χ2v) is 6.32. The standard InChI is InChI=1S/C17H24N2O4/c1-12(2)8-10-22-14-5-3-13(4-6-14)7-9-17(15(18)20)11-23-16(21)19-17/h3-6,12H,7-11H2,1-2H3,(H2,18,20)(H,19,21). The van der Waals surface area contributed by atoms with Crippen LogP contribution in [0.2, 0.25) is 0 Å². The Morgan fingerprint density at radius 3 is 2.61 bits per heavy atom. The average Bonchev–Trinajstić information content (AvgIpc) is 2.89. The molecule has 1 aliphatic heterocycles. The highest BCUT2D eigenvalue weighted by atomic mass is 16.6. The highest BCUT2D eigenvalue weighted by molar-refractivity contribution is 5.91. The summed E-state index contributed by atoms with van der Waals surface area (Å²) in [6, 6.07) is 7.74. The van der Waals surface area contributed by atoms with Crippen LogP contribution in [0.3, 0.4) is 0 Å². The number of alkyl carbamates (subject to hydrolysis) is 1. The van der Waals surface area contributed by atoms with Crippen LogP contribution in [0.4, 0.5) is 4.79 Å². The number of amides is 2. The second kappa shape index (κ2) is 7.35. The van der Waals surface area contributed by atoms with E-state index >= 15 is 0 Å². The molecule has 6 heteroatoms. The largest absolute Gasteiger partial charge is 0.494 e. The quantitative estimate of drug-likeness (QED) is 0.766. The van der Waals surface area contributed by atoms with Crippen LogP contribution < -0.4 is 15.8 Å². The topological polar surface area (TPSA) is 90.7 Å². The molecule has 0 radical (unpaired) electrons. The molecular formula is C17H24N2O4. The Labute approximate surface area is 136 Å². The van der Waals surface area contributed by atoms with Gasteiger partial charge in [0.05, 0.1) is 6.61 Å². The highest BCUT2D eigenvalue weighted by Crippen LogP contribution is 2.21. The molecule has 1 fully saturated rings. The summed E-state index contributed by atoms with van der Waals surface area (Å²) in [7, 11) is 0. The molecule has 0 aliphatic carbocycles. The van der Waals surface area contributed by atoms with Crippen LogP contribution in [0.25, 0.3) is 0 Å². The van der Waals surface area contributed by atoms with E-state index < -0.39 is 17.5 Å². The molecule has 126 valence electrons. The Morgan fingerprint density at radius 2 is 2.09 bits per heavy atom. The van der Waals surface area contributed by atoms with Crippen molar-refractivity contribution < 1.29 is 19.1 Å². The van der Waals surface area contributed by atoms with Gasteiger partial charge in [0.25, 0.3) is 0 Å². The molecule has 3 N–H and O–H groups in total. The maximum atomic E-state index is 11.6. The number of ether oxygens (including phenoxy) is 2. The number of carbonyl (C=O) groups is 2. The Morgan fingerprint density at radius 1 is 1.39 bits per heavy atom. The van der Waals surface area contributed by atoms with Crippen molar-refractivity contribution in [3.05, 3.63) is 29.8 Å². The van der Waals surface area contributed by atoms with E-state index in [1.165, 1.54) is 0 Å². The van der Waals surface area contributed by atoms with Crippen molar-refractivity contribution in [2.45, 2.75) is 38.6 Å². The number of hydrogen-bond donors (Lipinski definition) is 2. The molecule has 0 bridgehead atoms. The number of nitrogens with two attached hydrogens (primary N) is 1. The van der Waals surface area contributed by atoms with Gasteiger partial charge in [-0.3, -0.25) is 4.79 Å². The van der Waals surface area contributed by atoms with E-state index in [0.29, 0.717) is 25.4 Å². The Kier molecular flexibility index (Phi) is 5.47. The molecule has 0 saturated carbocycles. The van der Waals surface area contributed by atoms with E-state index in [9.17, 15) is 9.59 Å². The number of primary amides is 1. The molecule has 1 aromatic carbocycles. The lowest BCUT2D eigenvalue weighted by Gasteiger charge is -2.22. The molecule has 1 heterocycles. The number of hydrogen-bond acceptors (Lipinski definition) is 4. The van der Waals surface area contributed by atoms with Gasteiger partial charge in [-0.15, -0.1) is 0 Å². The lowest BCUT2D eigenvalue weighted by atomic mass is 9.92. The van der Waals surface area contributed by atoms with Crippen LogP contribution in [0, 0.1) is 5.92 Å². The van der Waals surface area contributed by atoms with Crippen LogP contribution in [0.1, 0.15) is 32.3 Å². The van der Waals surface area contributed by atoms with E-state index in [1.54, 1.807) is 0 Å². The molecule has 0 aromatic heterocycles. The smallest absolute Gasteiger partial charge is 0.408 e. The maximum absolute atomic E-state index is 11.6. The first kappa shape index (κ1) is 17.1. The number of benzene rings is 1. The summed E-state index contributed by atoms with van der Waals surface area (Å²) in [6.45, 7) is 5.00. The van der Waals surface area contributed by atoms with Crippen molar-refractivity contribution in [1.29, 1.82) is 0 Å². The fourth-order valence-electron chi connectivity index (χ4n) is 2.37. The third-order valence-corrected chi connectivity index (χ3v) is 3.99. The lowest BCUT2D eigenvalue weighted by Crippen LogP contribution is -2.54. The molecule has 1 atom stereocenters. The zero-order valence-electron chi connectivity index (χ0n) is 13.6. The zero-order valence-corrected chi connectivity index (χ0v) is 13.6. The van der Waals surface area contributed by atoms with Crippen molar-refractivity contribution in [3.8, 4) is 5.75 Å². The van der Waals surface area contributed by atoms with Gasteiger partial charge in [0.1, 0.15) is 12.4 Å². The summed E-state index contributed by atoms with van der Waals surface area (Å²) in [5.74, 6) is 0.872. The first-order chi connectivity index (χ1) is 10.9. The van der Waals surface area contributed by atoms with E-state index in [4.69, 9.17) is 15.2 Å². The van der Waals surface area contributed by atoms with Crippen molar-refractivity contribution in [2.24, 2.45) is 11.7 Å². The van der Waals surface area contributed by atoms with Crippen molar-refractivity contribution in [2.75, 3.05) is 13.2 Å². The highest BCUT2D eigenvalue weighted by Gasteiger charge is 2.44. The van der Waals surface area contributed by atoms with Gasteiger partial charge in [0.2, 0.25) is 5.91 Å². The van der Waals surface area contributed by atoms with Gasteiger partial charge in [-0.05, 0) is 42.9 Å². The van der Waals surface area contributed by atoms with E-state index in [0.717, 1.165) is 17.7 Å². The summed E-state index contributed by atoms with van der Waals surface area (Å²) < 4.78 is 10.5. The van der Waals surface area contributed by atoms with Gasteiger partial charge in [0.15, 0.2) is 5.54 Å². The Balaban J connectivity index is 1.88. The number of nitrogens with one attached hydrogen (secondary N) is 1. The van der Waals surface area contributed by atoms with Crippen LogP contribution in [0.5, 0.6) is 5.75 Å². The molecule has 23 heavy (non-hydrogen) atoms. The number of rotatable bonds is 8. The molecule has 1 saturated heterocycles. The van der Waals surface area contributed by atoms with Gasteiger partial charge in [0, 0.05) is 0 Å². The molecule has 1 aliphatic rings. The van der Waals surface area contributed by atoms with Crippen LogP contribution in [-0.4, -0.2) is 30.8 Å². The molecule has 2 rings (SSSR count). The fourth-order valence-corrected chi connectivity index (χ4v) is 2.37. The van der Waals surface area contributed by atoms with Crippen molar-refractivity contribution >= 4 is 12.0 Å². The minimum atomic E-state index is -1.11. The predicted molar refractivity (Wildman–Crippen MR) is 86.1 cm³/mol. The molecule has 6 nitrogen and oxygen atoms in total. The van der Waals surface area contributed by atoms with Gasteiger partial charge in [-0.1, -0.05) is 26.0 Å². The maximum Gasteiger partial charge on any atom is 0.408 e. The summed E-state index contributed by atoms with van der Waals surface area (Å²) in [4.78, 5) is 22.8. The predicted octanol–water partition coefficient (Wildman–Crippen LogP) is 2.01. The third-order valence-electron chi connectivity index (χ3n) is 3.99. The zero-order chi connectivity index (χ0) is 16.9. The van der Waals surface area contributed by atoms with Crippen molar-refractivity contribution in [1.82, 2.24) is 5.32 Å². The molecule has 1 aromatic rings. The second-order valence-electron chi connectivity index (χ2n) is 6.32. The van der Waals surface area contributed by atoms with Gasteiger partial charge in [-0.25, -0.2) is 4.79 Å². The monoisotopic (exact) mass is 320 g/mol. The number of aryl methyl sites for hydroxylation is 1. The molecular weight excluding hydrogens is 296 g/mol. The van der Waals surface area contributed by atoms with E-state index in [-0.39, 0.29) is 6.61 Å². The minimum Gasteiger partial charge on any atom is -0.494 e. The summed E-state index contributed by atoms with van der Waals surface area (Å²) in [5.41, 5.74) is 5.35. The Bertz CT molecular complexity index is 556. The van der Waals surface area contributed by atoms with Crippen molar-refractivity contribution in [3.63, 3.8) is 0 Å². The van der Waals surface area contributed by atoms with Crippen LogP contribution in [-0.2, 0) is 16.0 Å². The summed E-state index contributed by atoms with van der Waals surface area (Å²) in [5, 5.41) is 2.53. The lowest BCUT2D eigenvalue weighted by molar-refractivity contribution is -0.124. The third kappa shape index (κ3) is 4.61. The number of cyclic esters (lactones) is 1. The fraction of sp³-hybridized carbons (Fsp3) is 0.529. The van der Waals surface area contributed by atoms with E-state index in [2.05, 4.69) is 19.2 Å². The number of carbonyl (C=O) groups excluding carboxylic acids is 2. The van der Waals surface area contributed by atoms with E-state index in [1.807, 2.05) is 24.3 Å². The minimum absolute atomic E-state index is 0.0163. The van der Waals surface area contributed by atoms with Gasteiger partial charge < -0.3 is 20.5 Å². The summed E-state index contributed by atoms with van der Waals surface area (Å²) >= 11 is 0. The molecule has 2 amide bonds. The van der Waals surface area contributed by atoms with Crippen LogP contribution >= 0.6 is 0 Å². The van der Waals surface area contributed by atoms with Gasteiger partial charge in [-0.2, -0.15) is 0 Å². The molecule has 1 unspecified atom stereocenters. The van der Waals surface area contributed by atoms with Gasteiger partial charge >= 0.3 is 6.09 Å². The normalized spacial score (nSPS) is 20.2. The first-order valence-corrected chi connectivity index (χ1v) is 7.88. The average molecular weight is 320 g/mol. The molecule has 0 spiro atoms.